The summed E-state index contributed by atoms with van der Waals surface area (Å²) < 4.78 is 5.35. The summed E-state index contributed by atoms with van der Waals surface area (Å²) in [5.41, 5.74) is 1.06. The molecule has 1 aliphatic heterocycles. The summed E-state index contributed by atoms with van der Waals surface area (Å²) in [5, 5.41) is 8.91. The van der Waals surface area contributed by atoms with Gasteiger partial charge in [0.25, 0.3) is 0 Å². The van der Waals surface area contributed by atoms with Crippen molar-refractivity contribution in [2.24, 2.45) is 0 Å². The van der Waals surface area contributed by atoms with E-state index in [1.807, 2.05) is 18.7 Å². The van der Waals surface area contributed by atoms with Gasteiger partial charge in [0, 0.05) is 11.7 Å². The van der Waals surface area contributed by atoms with Gasteiger partial charge in [-0.2, -0.15) is 11.8 Å². The molecule has 0 aromatic carbocycles. The second-order valence-electron chi connectivity index (χ2n) is 3.62. The minimum Gasteiger partial charge on any atom is -0.443 e. The lowest BCUT2D eigenvalue weighted by atomic mass is 10.0. The Morgan fingerprint density at radius 3 is 3.07 bits per heavy atom. The van der Waals surface area contributed by atoms with Crippen molar-refractivity contribution < 1.29 is 9.52 Å². The Balaban J connectivity index is 2.17. The van der Waals surface area contributed by atoms with E-state index in [2.05, 4.69) is 4.98 Å². The van der Waals surface area contributed by atoms with E-state index in [0.717, 1.165) is 17.2 Å². The maximum atomic E-state index is 8.91. The van der Waals surface area contributed by atoms with Crippen LogP contribution in [0.15, 0.2) is 4.42 Å². The normalized spacial score (nSPS) is 22.6. The van der Waals surface area contributed by atoms with Crippen molar-refractivity contribution in [3.63, 3.8) is 0 Å². The molecule has 1 aromatic heterocycles. The van der Waals surface area contributed by atoms with Crippen molar-refractivity contribution in [1.29, 1.82) is 0 Å². The number of oxazole rings is 1. The molecule has 1 saturated heterocycles. The standard InChI is InChI=1S/C10H15NO2S/c1-7-10(11-9(5-12)13-7)8-3-2-4-14-6-8/h8,12H,2-6H2,1H3. The molecule has 0 radical (unpaired) electrons. The molecule has 1 aromatic rings. The van der Waals surface area contributed by atoms with E-state index in [0.29, 0.717) is 11.8 Å². The van der Waals surface area contributed by atoms with Crippen LogP contribution >= 0.6 is 11.8 Å². The van der Waals surface area contributed by atoms with Crippen LogP contribution in [0.5, 0.6) is 0 Å². The maximum absolute atomic E-state index is 8.91. The average molecular weight is 213 g/mol. The number of thioether (sulfide) groups is 1. The molecule has 4 heteroatoms. The first kappa shape index (κ1) is 10.1. The zero-order chi connectivity index (χ0) is 9.97. The predicted molar refractivity (Wildman–Crippen MR) is 56.5 cm³/mol. The van der Waals surface area contributed by atoms with Gasteiger partial charge in [-0.1, -0.05) is 0 Å². The van der Waals surface area contributed by atoms with Gasteiger partial charge in [-0.3, -0.25) is 0 Å². The van der Waals surface area contributed by atoms with Gasteiger partial charge in [-0.05, 0) is 25.5 Å². The second-order valence-corrected chi connectivity index (χ2v) is 4.77. The number of aliphatic hydroxyl groups excluding tert-OH is 1. The highest BCUT2D eigenvalue weighted by molar-refractivity contribution is 7.99. The number of aryl methyl sites for hydroxylation is 1. The summed E-state index contributed by atoms with van der Waals surface area (Å²) in [6, 6.07) is 0. The molecule has 1 N–H and O–H groups in total. The third kappa shape index (κ3) is 1.96. The van der Waals surface area contributed by atoms with E-state index in [1.54, 1.807) is 0 Å². The minimum absolute atomic E-state index is 0.0965. The highest BCUT2D eigenvalue weighted by Crippen LogP contribution is 2.32. The third-order valence-electron chi connectivity index (χ3n) is 2.56. The summed E-state index contributed by atoms with van der Waals surface area (Å²) in [7, 11) is 0. The van der Waals surface area contributed by atoms with E-state index in [4.69, 9.17) is 9.52 Å². The first-order valence-corrected chi connectivity index (χ1v) is 6.11. The van der Waals surface area contributed by atoms with Crippen molar-refractivity contribution in [2.45, 2.75) is 32.3 Å². The Labute approximate surface area is 87.9 Å². The van der Waals surface area contributed by atoms with Crippen molar-refractivity contribution in [2.75, 3.05) is 11.5 Å². The lowest BCUT2D eigenvalue weighted by Gasteiger charge is -2.19. The molecule has 1 aliphatic rings. The average Bonchev–Trinajstić information content (AvgIpc) is 2.61. The molecule has 0 bridgehead atoms. The fourth-order valence-electron chi connectivity index (χ4n) is 1.87. The lowest BCUT2D eigenvalue weighted by Crippen LogP contribution is -2.10. The maximum Gasteiger partial charge on any atom is 0.220 e. The smallest absolute Gasteiger partial charge is 0.220 e. The van der Waals surface area contributed by atoms with Gasteiger partial charge in [0.05, 0.1) is 5.69 Å². The topological polar surface area (TPSA) is 46.3 Å². The van der Waals surface area contributed by atoms with Crippen LogP contribution in [0.25, 0.3) is 0 Å². The third-order valence-corrected chi connectivity index (χ3v) is 3.77. The fraction of sp³-hybridized carbons (Fsp3) is 0.700. The van der Waals surface area contributed by atoms with Crippen LogP contribution in [0, 0.1) is 6.92 Å². The Hall–Kier alpha value is -0.480. The summed E-state index contributed by atoms with van der Waals surface area (Å²) >= 11 is 1.98. The Morgan fingerprint density at radius 2 is 2.50 bits per heavy atom. The Kier molecular flexibility index (Phi) is 3.13. The summed E-state index contributed by atoms with van der Waals surface area (Å²) in [6.45, 7) is 1.83. The zero-order valence-corrected chi connectivity index (χ0v) is 9.14. The van der Waals surface area contributed by atoms with Crippen LogP contribution in [-0.2, 0) is 6.61 Å². The van der Waals surface area contributed by atoms with Crippen LogP contribution < -0.4 is 0 Å². The van der Waals surface area contributed by atoms with Crippen LogP contribution in [0.1, 0.15) is 36.1 Å². The van der Waals surface area contributed by atoms with Gasteiger partial charge < -0.3 is 9.52 Å². The zero-order valence-electron chi connectivity index (χ0n) is 8.32. The van der Waals surface area contributed by atoms with E-state index < -0.39 is 0 Å². The van der Waals surface area contributed by atoms with Gasteiger partial charge in [-0.15, -0.1) is 0 Å². The highest BCUT2D eigenvalue weighted by atomic mass is 32.2. The van der Waals surface area contributed by atoms with Crippen LogP contribution in [0.3, 0.4) is 0 Å². The van der Waals surface area contributed by atoms with Gasteiger partial charge in [0.15, 0.2) is 0 Å². The first-order valence-electron chi connectivity index (χ1n) is 4.96. The fourth-order valence-corrected chi connectivity index (χ4v) is 3.01. The molecule has 3 nitrogen and oxygen atoms in total. The van der Waals surface area contributed by atoms with Gasteiger partial charge in [0.1, 0.15) is 12.4 Å². The van der Waals surface area contributed by atoms with E-state index in [-0.39, 0.29) is 6.61 Å². The molecule has 0 aliphatic carbocycles. The number of aliphatic hydroxyl groups is 1. The first-order chi connectivity index (χ1) is 6.81. The Bertz CT molecular complexity index is 305. The molecule has 1 fully saturated rings. The number of nitrogens with zero attached hydrogens (tertiary/aromatic N) is 1. The molecule has 1 atom stereocenters. The van der Waals surface area contributed by atoms with Crippen molar-refractivity contribution in [3.05, 3.63) is 17.3 Å². The van der Waals surface area contributed by atoms with Crippen LogP contribution in [0.2, 0.25) is 0 Å². The van der Waals surface area contributed by atoms with Crippen molar-refractivity contribution >= 4 is 11.8 Å². The van der Waals surface area contributed by atoms with Crippen molar-refractivity contribution in [1.82, 2.24) is 4.98 Å². The molecule has 2 rings (SSSR count). The molecular weight excluding hydrogens is 198 g/mol. The predicted octanol–water partition coefficient (Wildman–Crippen LogP) is 2.09. The summed E-state index contributed by atoms with van der Waals surface area (Å²) in [6.07, 6.45) is 2.46. The number of hydrogen-bond acceptors (Lipinski definition) is 4. The number of aromatic nitrogens is 1. The van der Waals surface area contributed by atoms with E-state index >= 15 is 0 Å². The number of rotatable bonds is 2. The molecule has 2 heterocycles. The van der Waals surface area contributed by atoms with Gasteiger partial charge in [0.2, 0.25) is 5.89 Å². The minimum atomic E-state index is -0.0965. The van der Waals surface area contributed by atoms with E-state index in [1.165, 1.54) is 18.6 Å². The SMILES string of the molecule is Cc1oc(CO)nc1C1CCCSC1. The van der Waals surface area contributed by atoms with Gasteiger partial charge in [-0.25, -0.2) is 4.98 Å². The lowest BCUT2D eigenvalue weighted by molar-refractivity contribution is 0.238. The molecule has 1 unspecified atom stereocenters. The van der Waals surface area contributed by atoms with E-state index in [9.17, 15) is 0 Å². The molecule has 14 heavy (non-hydrogen) atoms. The van der Waals surface area contributed by atoms with Gasteiger partial charge >= 0.3 is 0 Å². The monoisotopic (exact) mass is 213 g/mol. The van der Waals surface area contributed by atoms with Crippen LogP contribution in [0.4, 0.5) is 0 Å². The van der Waals surface area contributed by atoms with Crippen molar-refractivity contribution in [3.8, 4) is 0 Å². The second kappa shape index (κ2) is 4.36. The molecular formula is C10H15NO2S. The number of hydrogen-bond donors (Lipinski definition) is 1. The highest BCUT2D eigenvalue weighted by Gasteiger charge is 2.22. The summed E-state index contributed by atoms with van der Waals surface area (Å²) in [5.74, 6) is 4.26. The molecule has 0 saturated carbocycles. The quantitative estimate of drug-likeness (QED) is 0.817. The molecule has 0 spiro atoms. The Morgan fingerprint density at radius 1 is 1.64 bits per heavy atom. The largest absolute Gasteiger partial charge is 0.443 e. The molecule has 78 valence electrons. The van der Waals surface area contributed by atoms with Crippen LogP contribution in [-0.4, -0.2) is 21.6 Å². The summed E-state index contributed by atoms with van der Waals surface area (Å²) in [4.78, 5) is 4.32. The molecule has 0 amide bonds.